The van der Waals surface area contributed by atoms with E-state index in [0.717, 1.165) is 0 Å². The summed E-state index contributed by atoms with van der Waals surface area (Å²) in [6.45, 7) is 7.05. The van der Waals surface area contributed by atoms with Crippen LogP contribution in [0.4, 0.5) is 5.69 Å². The van der Waals surface area contributed by atoms with Crippen LogP contribution in [-0.2, 0) is 6.42 Å². The molecule has 1 aliphatic rings. The van der Waals surface area contributed by atoms with Crippen molar-refractivity contribution in [3.05, 3.63) is 29.8 Å². The fourth-order valence-electron chi connectivity index (χ4n) is 3.19. The molecule has 0 heterocycles. The average molecular weight is 245 g/mol. The second-order valence-corrected chi connectivity index (χ2v) is 6.51. The third kappa shape index (κ3) is 3.51. The van der Waals surface area contributed by atoms with Crippen LogP contribution in [0.15, 0.2) is 24.3 Å². The van der Waals surface area contributed by atoms with Crippen LogP contribution < -0.4 is 5.32 Å². The molecule has 0 spiro atoms. The topological polar surface area (TPSA) is 12.0 Å². The van der Waals surface area contributed by atoms with Gasteiger partial charge in [0.1, 0.15) is 0 Å². The number of benzene rings is 1. The highest BCUT2D eigenvalue weighted by Gasteiger charge is 2.27. The van der Waals surface area contributed by atoms with Crippen molar-refractivity contribution in [1.29, 1.82) is 0 Å². The first-order chi connectivity index (χ1) is 8.61. The molecule has 1 aromatic rings. The van der Waals surface area contributed by atoms with Gasteiger partial charge in [-0.2, -0.15) is 0 Å². The molecule has 1 N–H and O–H groups in total. The number of rotatable bonds is 4. The lowest BCUT2D eigenvalue weighted by Crippen LogP contribution is -2.32. The van der Waals surface area contributed by atoms with E-state index in [1.54, 1.807) is 0 Å². The minimum atomic E-state index is 0.510. The van der Waals surface area contributed by atoms with Crippen molar-refractivity contribution in [2.75, 3.05) is 5.32 Å². The van der Waals surface area contributed by atoms with Crippen molar-refractivity contribution < 1.29 is 0 Å². The predicted molar refractivity (Wildman–Crippen MR) is 80.1 cm³/mol. The fourth-order valence-corrected chi connectivity index (χ4v) is 3.19. The molecule has 1 unspecified atom stereocenters. The van der Waals surface area contributed by atoms with E-state index in [2.05, 4.69) is 50.4 Å². The van der Waals surface area contributed by atoms with E-state index >= 15 is 0 Å². The summed E-state index contributed by atoms with van der Waals surface area (Å²) >= 11 is 0. The minimum absolute atomic E-state index is 0.510. The molecular formula is C17H27N. The quantitative estimate of drug-likeness (QED) is 0.785. The molecule has 18 heavy (non-hydrogen) atoms. The first-order valence-corrected chi connectivity index (χ1v) is 7.45. The number of para-hydroxylation sites is 1. The molecule has 1 nitrogen and oxygen atoms in total. The third-order valence-electron chi connectivity index (χ3n) is 4.10. The van der Waals surface area contributed by atoms with E-state index in [0.29, 0.717) is 11.5 Å². The smallest absolute Gasteiger partial charge is 0.0374 e. The Balaban J connectivity index is 2.04. The maximum absolute atomic E-state index is 3.79. The zero-order valence-corrected chi connectivity index (χ0v) is 12.1. The lowest BCUT2D eigenvalue weighted by molar-refractivity contribution is 0.229. The summed E-state index contributed by atoms with van der Waals surface area (Å²) in [6.07, 6.45) is 7.76. The van der Waals surface area contributed by atoms with Gasteiger partial charge in [0, 0.05) is 11.7 Å². The minimum Gasteiger partial charge on any atom is -0.382 e. The van der Waals surface area contributed by atoms with Gasteiger partial charge in [-0.05, 0) is 42.7 Å². The SMILES string of the molecule is CCCc1ccccc1NC1CCCC(C)(C)C1. The van der Waals surface area contributed by atoms with Gasteiger partial charge in [0.25, 0.3) is 0 Å². The van der Waals surface area contributed by atoms with Gasteiger partial charge in [0.15, 0.2) is 0 Å². The Bertz CT molecular complexity index is 381. The molecule has 1 fully saturated rings. The first-order valence-electron chi connectivity index (χ1n) is 7.45. The van der Waals surface area contributed by atoms with Crippen LogP contribution in [0, 0.1) is 5.41 Å². The zero-order chi connectivity index (χ0) is 13.0. The second-order valence-electron chi connectivity index (χ2n) is 6.51. The molecule has 0 bridgehead atoms. The summed E-state index contributed by atoms with van der Waals surface area (Å²) in [6, 6.07) is 9.47. The summed E-state index contributed by atoms with van der Waals surface area (Å²) in [5.41, 5.74) is 3.35. The van der Waals surface area contributed by atoms with Gasteiger partial charge in [-0.3, -0.25) is 0 Å². The van der Waals surface area contributed by atoms with Crippen LogP contribution in [-0.4, -0.2) is 6.04 Å². The van der Waals surface area contributed by atoms with Crippen molar-refractivity contribution in [3.63, 3.8) is 0 Å². The third-order valence-corrected chi connectivity index (χ3v) is 4.10. The molecule has 1 aromatic carbocycles. The summed E-state index contributed by atoms with van der Waals surface area (Å²) in [5, 5.41) is 3.79. The van der Waals surface area contributed by atoms with Crippen molar-refractivity contribution in [2.24, 2.45) is 5.41 Å². The standard InChI is InChI=1S/C17H27N/c1-4-8-14-9-5-6-11-16(14)18-15-10-7-12-17(2,3)13-15/h5-6,9,11,15,18H,4,7-8,10,12-13H2,1-3H3. The van der Waals surface area contributed by atoms with E-state index in [1.165, 1.54) is 49.8 Å². The molecule has 0 saturated heterocycles. The van der Waals surface area contributed by atoms with E-state index in [-0.39, 0.29) is 0 Å². The monoisotopic (exact) mass is 245 g/mol. The summed E-state index contributed by atoms with van der Waals surface area (Å²) in [7, 11) is 0. The lowest BCUT2D eigenvalue weighted by atomic mass is 9.75. The van der Waals surface area contributed by atoms with Crippen molar-refractivity contribution >= 4 is 5.69 Å². The average Bonchev–Trinajstić information content (AvgIpc) is 2.31. The lowest BCUT2D eigenvalue weighted by Gasteiger charge is -2.36. The number of nitrogens with one attached hydrogen (secondary N) is 1. The Morgan fingerprint density at radius 3 is 2.78 bits per heavy atom. The van der Waals surface area contributed by atoms with Crippen molar-refractivity contribution in [2.45, 2.75) is 65.3 Å². The summed E-state index contributed by atoms with van der Waals surface area (Å²) in [5.74, 6) is 0. The Morgan fingerprint density at radius 1 is 1.28 bits per heavy atom. The highest BCUT2D eigenvalue weighted by Crippen LogP contribution is 2.36. The molecular weight excluding hydrogens is 218 g/mol. The normalized spacial score (nSPS) is 22.7. The maximum atomic E-state index is 3.79. The molecule has 0 aromatic heterocycles. The van der Waals surface area contributed by atoms with Crippen LogP contribution in [0.2, 0.25) is 0 Å². The van der Waals surface area contributed by atoms with Crippen LogP contribution in [0.3, 0.4) is 0 Å². The van der Waals surface area contributed by atoms with Gasteiger partial charge in [-0.25, -0.2) is 0 Å². The van der Waals surface area contributed by atoms with Crippen LogP contribution in [0.1, 0.15) is 58.4 Å². The molecule has 1 saturated carbocycles. The van der Waals surface area contributed by atoms with Gasteiger partial charge in [-0.1, -0.05) is 51.8 Å². The van der Waals surface area contributed by atoms with E-state index in [1.807, 2.05) is 0 Å². The van der Waals surface area contributed by atoms with Crippen LogP contribution >= 0.6 is 0 Å². The Labute approximate surface area is 112 Å². The van der Waals surface area contributed by atoms with Gasteiger partial charge in [-0.15, -0.1) is 0 Å². The second kappa shape index (κ2) is 5.77. The van der Waals surface area contributed by atoms with Crippen molar-refractivity contribution in [3.8, 4) is 0 Å². The number of hydrogen-bond donors (Lipinski definition) is 1. The Hall–Kier alpha value is -0.980. The van der Waals surface area contributed by atoms with E-state index in [9.17, 15) is 0 Å². The Kier molecular flexibility index (Phi) is 4.31. The van der Waals surface area contributed by atoms with Crippen molar-refractivity contribution in [1.82, 2.24) is 0 Å². The van der Waals surface area contributed by atoms with Gasteiger partial charge >= 0.3 is 0 Å². The highest BCUT2D eigenvalue weighted by atomic mass is 14.9. The molecule has 0 radical (unpaired) electrons. The number of aryl methyl sites for hydroxylation is 1. The first kappa shape index (κ1) is 13.5. The van der Waals surface area contributed by atoms with Gasteiger partial charge < -0.3 is 5.32 Å². The Morgan fingerprint density at radius 2 is 2.06 bits per heavy atom. The molecule has 1 heteroatoms. The number of anilines is 1. The molecule has 1 atom stereocenters. The largest absolute Gasteiger partial charge is 0.382 e. The molecule has 0 amide bonds. The summed E-state index contributed by atoms with van der Waals surface area (Å²) in [4.78, 5) is 0. The number of hydrogen-bond acceptors (Lipinski definition) is 1. The van der Waals surface area contributed by atoms with E-state index < -0.39 is 0 Å². The summed E-state index contributed by atoms with van der Waals surface area (Å²) < 4.78 is 0. The molecule has 0 aliphatic heterocycles. The zero-order valence-electron chi connectivity index (χ0n) is 12.1. The highest BCUT2D eigenvalue weighted by molar-refractivity contribution is 5.51. The molecule has 2 rings (SSSR count). The maximum Gasteiger partial charge on any atom is 0.0374 e. The van der Waals surface area contributed by atoms with Crippen LogP contribution in [0.25, 0.3) is 0 Å². The van der Waals surface area contributed by atoms with E-state index in [4.69, 9.17) is 0 Å². The van der Waals surface area contributed by atoms with Crippen LogP contribution in [0.5, 0.6) is 0 Å². The van der Waals surface area contributed by atoms with Gasteiger partial charge in [0.05, 0.1) is 0 Å². The fraction of sp³-hybridized carbons (Fsp3) is 0.647. The molecule has 100 valence electrons. The van der Waals surface area contributed by atoms with Gasteiger partial charge in [0.2, 0.25) is 0 Å². The molecule has 1 aliphatic carbocycles. The predicted octanol–water partition coefficient (Wildman–Crippen LogP) is 5.02.